The van der Waals surface area contributed by atoms with Crippen molar-refractivity contribution in [2.75, 3.05) is 19.6 Å². The first-order valence-corrected chi connectivity index (χ1v) is 9.87. The molecule has 6 nitrogen and oxygen atoms in total. The predicted molar refractivity (Wildman–Crippen MR) is 106 cm³/mol. The van der Waals surface area contributed by atoms with Crippen LogP contribution in [-0.2, 0) is 16.1 Å². The van der Waals surface area contributed by atoms with Crippen LogP contribution >= 0.6 is 0 Å². The fraction of sp³-hybridized carbons (Fsp3) is 0.619. The number of amides is 2. The van der Waals surface area contributed by atoms with Crippen LogP contribution in [0.4, 0.5) is 0 Å². The van der Waals surface area contributed by atoms with Crippen molar-refractivity contribution in [1.29, 1.82) is 0 Å². The molecule has 1 aromatic rings. The number of benzene rings is 1. The summed E-state index contributed by atoms with van der Waals surface area (Å²) in [5.74, 6) is 0.0122. The number of nitrogens with zero attached hydrogens (tertiary/aromatic N) is 1. The highest BCUT2D eigenvalue weighted by atomic mass is 16.5. The molecule has 6 heteroatoms. The molecule has 1 heterocycles. The lowest BCUT2D eigenvalue weighted by Crippen LogP contribution is -2.48. The molecule has 1 saturated heterocycles. The summed E-state index contributed by atoms with van der Waals surface area (Å²) >= 11 is 0. The van der Waals surface area contributed by atoms with Crippen LogP contribution in [0.2, 0.25) is 0 Å². The molecule has 2 rings (SSSR count). The third-order valence-electron chi connectivity index (χ3n) is 5.59. The molecule has 1 fully saturated rings. The topological polar surface area (TPSA) is 84.7 Å². The Morgan fingerprint density at radius 2 is 1.70 bits per heavy atom. The van der Waals surface area contributed by atoms with Gasteiger partial charge in [0, 0.05) is 31.7 Å². The van der Waals surface area contributed by atoms with Crippen molar-refractivity contribution in [2.24, 2.45) is 11.1 Å². The van der Waals surface area contributed by atoms with Gasteiger partial charge in [-0.05, 0) is 44.4 Å². The monoisotopic (exact) mass is 375 g/mol. The van der Waals surface area contributed by atoms with Crippen LogP contribution < -0.4 is 11.1 Å². The minimum atomic E-state index is -0.500. The minimum absolute atomic E-state index is 0.00792. The van der Waals surface area contributed by atoms with Gasteiger partial charge in [0.1, 0.15) is 0 Å². The van der Waals surface area contributed by atoms with E-state index in [1.165, 1.54) is 0 Å². The number of rotatable bonds is 7. The summed E-state index contributed by atoms with van der Waals surface area (Å²) in [4.78, 5) is 27.1. The van der Waals surface area contributed by atoms with E-state index < -0.39 is 5.41 Å². The first-order valence-electron chi connectivity index (χ1n) is 9.87. The fourth-order valence-electron chi connectivity index (χ4n) is 3.61. The Labute approximate surface area is 162 Å². The fourth-order valence-corrected chi connectivity index (χ4v) is 3.61. The SMILES string of the molecule is CCC(CC)(CN)C(=O)NCc1ccc(C(=O)N2CC(C)OC(C)C2)cc1. The van der Waals surface area contributed by atoms with Crippen LogP contribution in [0.5, 0.6) is 0 Å². The standard InChI is InChI=1S/C21H33N3O3/c1-5-21(6-2,14-22)20(26)23-11-17-7-9-18(10-8-17)19(25)24-12-15(3)27-16(4)13-24/h7-10,15-16H,5-6,11-14,22H2,1-4H3,(H,23,26). The number of nitrogens with one attached hydrogen (secondary N) is 1. The summed E-state index contributed by atoms with van der Waals surface area (Å²) in [6, 6.07) is 7.43. The van der Waals surface area contributed by atoms with Crippen molar-refractivity contribution < 1.29 is 14.3 Å². The van der Waals surface area contributed by atoms with E-state index in [1.54, 1.807) is 0 Å². The normalized spacial score (nSPS) is 20.4. The Bertz CT molecular complexity index is 622. The number of hydrogen-bond donors (Lipinski definition) is 2. The molecule has 2 amide bonds. The molecule has 3 N–H and O–H groups in total. The smallest absolute Gasteiger partial charge is 0.254 e. The van der Waals surface area contributed by atoms with E-state index in [0.717, 1.165) is 18.4 Å². The second-order valence-corrected chi connectivity index (χ2v) is 7.54. The maximum Gasteiger partial charge on any atom is 0.254 e. The first-order chi connectivity index (χ1) is 12.8. The number of hydrogen-bond acceptors (Lipinski definition) is 4. The summed E-state index contributed by atoms with van der Waals surface area (Å²) < 4.78 is 5.69. The molecule has 0 aromatic heterocycles. The average molecular weight is 376 g/mol. The van der Waals surface area contributed by atoms with E-state index in [2.05, 4.69) is 5.32 Å². The van der Waals surface area contributed by atoms with Crippen molar-refractivity contribution in [2.45, 2.75) is 59.3 Å². The van der Waals surface area contributed by atoms with Gasteiger partial charge < -0.3 is 20.7 Å². The Kier molecular flexibility index (Phi) is 7.39. The second-order valence-electron chi connectivity index (χ2n) is 7.54. The molecule has 0 aliphatic carbocycles. The van der Waals surface area contributed by atoms with Crippen LogP contribution in [-0.4, -0.2) is 48.6 Å². The van der Waals surface area contributed by atoms with E-state index in [-0.39, 0.29) is 24.0 Å². The predicted octanol–water partition coefficient (Wildman–Crippen LogP) is 2.32. The van der Waals surface area contributed by atoms with Crippen LogP contribution in [0.15, 0.2) is 24.3 Å². The zero-order valence-electron chi connectivity index (χ0n) is 17.0. The number of morpholine rings is 1. The highest BCUT2D eigenvalue weighted by Crippen LogP contribution is 2.25. The van der Waals surface area contributed by atoms with Gasteiger partial charge >= 0.3 is 0 Å². The molecule has 0 spiro atoms. The van der Waals surface area contributed by atoms with Crippen molar-refractivity contribution in [1.82, 2.24) is 10.2 Å². The molecule has 2 atom stereocenters. The highest BCUT2D eigenvalue weighted by molar-refractivity contribution is 5.94. The summed E-state index contributed by atoms with van der Waals surface area (Å²) in [7, 11) is 0. The molecular weight excluding hydrogens is 342 g/mol. The Balaban J connectivity index is 1.97. The molecular formula is C21H33N3O3. The van der Waals surface area contributed by atoms with Crippen LogP contribution in [0.1, 0.15) is 56.5 Å². The molecule has 27 heavy (non-hydrogen) atoms. The summed E-state index contributed by atoms with van der Waals surface area (Å²) in [5.41, 5.74) is 6.95. The second kappa shape index (κ2) is 9.33. The van der Waals surface area contributed by atoms with E-state index in [4.69, 9.17) is 10.5 Å². The van der Waals surface area contributed by atoms with Crippen molar-refractivity contribution in [3.63, 3.8) is 0 Å². The van der Waals surface area contributed by atoms with Gasteiger partial charge in [0.15, 0.2) is 0 Å². The van der Waals surface area contributed by atoms with Crippen molar-refractivity contribution >= 4 is 11.8 Å². The number of carbonyl (C=O) groups excluding carboxylic acids is 2. The first kappa shape index (κ1) is 21.4. The van der Waals surface area contributed by atoms with Gasteiger partial charge in [-0.2, -0.15) is 0 Å². The largest absolute Gasteiger partial charge is 0.372 e. The quantitative estimate of drug-likeness (QED) is 0.766. The highest BCUT2D eigenvalue weighted by Gasteiger charge is 2.33. The zero-order valence-corrected chi connectivity index (χ0v) is 17.0. The zero-order chi connectivity index (χ0) is 20.0. The number of carbonyl (C=O) groups is 2. The van der Waals surface area contributed by atoms with Gasteiger partial charge in [-0.25, -0.2) is 0 Å². The van der Waals surface area contributed by atoms with Crippen LogP contribution in [0.3, 0.4) is 0 Å². The molecule has 1 aliphatic rings. The van der Waals surface area contributed by atoms with Crippen molar-refractivity contribution in [3.05, 3.63) is 35.4 Å². The van der Waals surface area contributed by atoms with Gasteiger partial charge in [0.2, 0.25) is 5.91 Å². The van der Waals surface area contributed by atoms with Crippen molar-refractivity contribution in [3.8, 4) is 0 Å². The Hall–Kier alpha value is -1.92. The number of nitrogens with two attached hydrogens (primary N) is 1. The van der Waals surface area contributed by atoms with Gasteiger partial charge in [-0.3, -0.25) is 9.59 Å². The lowest BCUT2D eigenvalue weighted by molar-refractivity contribution is -0.131. The Morgan fingerprint density at radius 1 is 1.15 bits per heavy atom. The van der Waals surface area contributed by atoms with E-state index in [9.17, 15) is 9.59 Å². The van der Waals surface area contributed by atoms with Crippen LogP contribution in [0, 0.1) is 5.41 Å². The summed E-state index contributed by atoms with van der Waals surface area (Å²) in [5, 5.41) is 2.99. The summed E-state index contributed by atoms with van der Waals surface area (Å²) in [6.07, 6.45) is 1.53. The van der Waals surface area contributed by atoms with Gasteiger partial charge in [0.05, 0.1) is 17.6 Å². The average Bonchev–Trinajstić information content (AvgIpc) is 2.67. The molecule has 0 radical (unpaired) electrons. The third-order valence-corrected chi connectivity index (χ3v) is 5.59. The number of ether oxygens (including phenoxy) is 1. The van der Waals surface area contributed by atoms with Crippen LogP contribution in [0.25, 0.3) is 0 Å². The van der Waals surface area contributed by atoms with Gasteiger partial charge in [-0.15, -0.1) is 0 Å². The maximum absolute atomic E-state index is 12.7. The van der Waals surface area contributed by atoms with Gasteiger partial charge in [-0.1, -0.05) is 26.0 Å². The molecule has 1 aromatic carbocycles. The van der Waals surface area contributed by atoms with Gasteiger partial charge in [0.25, 0.3) is 5.91 Å². The lowest BCUT2D eigenvalue weighted by Gasteiger charge is -2.35. The third kappa shape index (κ3) is 5.08. The summed E-state index contributed by atoms with van der Waals surface area (Å²) in [6.45, 7) is 9.93. The molecule has 1 aliphatic heterocycles. The molecule has 2 unspecified atom stereocenters. The molecule has 150 valence electrons. The molecule has 0 saturated carbocycles. The lowest BCUT2D eigenvalue weighted by atomic mass is 9.81. The Morgan fingerprint density at radius 3 is 2.19 bits per heavy atom. The van der Waals surface area contributed by atoms with E-state index in [0.29, 0.717) is 31.7 Å². The van der Waals surface area contributed by atoms with E-state index >= 15 is 0 Å². The maximum atomic E-state index is 12.7. The minimum Gasteiger partial charge on any atom is -0.372 e. The van der Waals surface area contributed by atoms with E-state index in [1.807, 2.05) is 56.9 Å². The molecule has 0 bridgehead atoms.